The molecule has 0 aromatic heterocycles. The Kier molecular flexibility index (Phi) is 8.05. The molecule has 0 unspecified atom stereocenters. The van der Waals surface area contributed by atoms with Crippen LogP contribution in [-0.2, 0) is 14.3 Å². The lowest BCUT2D eigenvalue weighted by Crippen LogP contribution is -2.15. The van der Waals surface area contributed by atoms with Crippen molar-refractivity contribution < 1.29 is 14.3 Å². The van der Waals surface area contributed by atoms with E-state index < -0.39 is 5.97 Å². The van der Waals surface area contributed by atoms with Crippen LogP contribution in [-0.4, -0.2) is 18.7 Å². The molecule has 120 valence electrons. The summed E-state index contributed by atoms with van der Waals surface area (Å²) < 4.78 is 10.8. The largest absolute Gasteiger partial charge is 0.482 e. The zero-order valence-corrected chi connectivity index (χ0v) is 14.0. The number of benzene rings is 1. The lowest BCUT2D eigenvalue weighted by Gasteiger charge is -2.11. The molecule has 0 aliphatic carbocycles. The van der Waals surface area contributed by atoms with Crippen molar-refractivity contribution in [1.82, 2.24) is 0 Å². The molecule has 1 aromatic rings. The molecule has 0 amide bonds. The van der Waals surface area contributed by atoms with Crippen LogP contribution in [0.4, 0.5) is 0 Å². The monoisotopic (exact) mass is 302 g/mol. The second-order valence-corrected chi connectivity index (χ2v) is 5.44. The van der Waals surface area contributed by atoms with Gasteiger partial charge in [0.05, 0.1) is 6.10 Å². The number of aryl methyl sites for hydroxylation is 1. The predicted molar refractivity (Wildman–Crippen MR) is 90.4 cm³/mol. The fourth-order valence-electron chi connectivity index (χ4n) is 1.74. The van der Waals surface area contributed by atoms with E-state index in [4.69, 9.17) is 9.47 Å². The number of ether oxygens (including phenoxy) is 2. The normalized spacial score (nSPS) is 12.0. The van der Waals surface area contributed by atoms with Crippen LogP contribution in [0.15, 0.2) is 42.2 Å². The number of hydrogen-bond donors (Lipinski definition) is 0. The standard InChI is InChI=1S/C19H26O3/c1-5-6-7-8-13-21-18(19(20)22-15(2)3)14-17-11-9-16(4)10-12-17/h7-12,14-15H,5-6,13H2,1-4H3/b8-7-,18-14-. The van der Waals surface area contributed by atoms with Gasteiger partial charge in [-0.3, -0.25) is 0 Å². The van der Waals surface area contributed by atoms with Crippen molar-refractivity contribution in [2.75, 3.05) is 6.61 Å². The lowest BCUT2D eigenvalue weighted by molar-refractivity contribution is -0.146. The van der Waals surface area contributed by atoms with E-state index in [1.165, 1.54) is 5.56 Å². The maximum absolute atomic E-state index is 12.1. The van der Waals surface area contributed by atoms with Gasteiger partial charge in [0.25, 0.3) is 0 Å². The molecular weight excluding hydrogens is 276 g/mol. The molecule has 0 radical (unpaired) electrons. The van der Waals surface area contributed by atoms with E-state index in [0.29, 0.717) is 6.61 Å². The highest BCUT2D eigenvalue weighted by Gasteiger charge is 2.14. The Morgan fingerprint density at radius 2 is 1.86 bits per heavy atom. The fourth-order valence-corrected chi connectivity index (χ4v) is 1.74. The van der Waals surface area contributed by atoms with Crippen molar-refractivity contribution >= 4 is 12.0 Å². The summed E-state index contributed by atoms with van der Waals surface area (Å²) in [5, 5.41) is 0. The van der Waals surface area contributed by atoms with E-state index in [0.717, 1.165) is 18.4 Å². The van der Waals surface area contributed by atoms with Crippen LogP contribution in [0.25, 0.3) is 6.08 Å². The minimum atomic E-state index is -0.431. The first-order chi connectivity index (χ1) is 10.5. The molecule has 22 heavy (non-hydrogen) atoms. The van der Waals surface area contributed by atoms with Crippen LogP contribution in [0, 0.1) is 6.92 Å². The summed E-state index contributed by atoms with van der Waals surface area (Å²) in [5.41, 5.74) is 2.09. The number of unbranched alkanes of at least 4 members (excludes halogenated alkanes) is 1. The van der Waals surface area contributed by atoms with Gasteiger partial charge in [-0.15, -0.1) is 0 Å². The molecule has 0 saturated heterocycles. The molecule has 1 aromatic carbocycles. The van der Waals surface area contributed by atoms with Crippen LogP contribution in [0.1, 0.15) is 44.7 Å². The van der Waals surface area contributed by atoms with E-state index in [-0.39, 0.29) is 11.9 Å². The molecule has 3 nitrogen and oxygen atoms in total. The third-order valence-corrected chi connectivity index (χ3v) is 2.88. The van der Waals surface area contributed by atoms with Crippen LogP contribution in [0.2, 0.25) is 0 Å². The third-order valence-electron chi connectivity index (χ3n) is 2.88. The second-order valence-electron chi connectivity index (χ2n) is 5.44. The van der Waals surface area contributed by atoms with Gasteiger partial charge in [-0.05, 0) is 38.8 Å². The molecular formula is C19H26O3. The number of rotatable bonds is 8. The van der Waals surface area contributed by atoms with Crippen molar-refractivity contribution in [2.24, 2.45) is 0 Å². The molecule has 0 aliphatic rings. The highest BCUT2D eigenvalue weighted by atomic mass is 16.6. The van der Waals surface area contributed by atoms with Crippen molar-refractivity contribution in [1.29, 1.82) is 0 Å². The van der Waals surface area contributed by atoms with Crippen molar-refractivity contribution in [3.05, 3.63) is 53.3 Å². The van der Waals surface area contributed by atoms with Crippen molar-refractivity contribution in [3.8, 4) is 0 Å². The van der Waals surface area contributed by atoms with Gasteiger partial charge in [-0.1, -0.05) is 55.3 Å². The molecule has 0 atom stereocenters. The number of carbonyl (C=O) groups is 1. The SMILES string of the molecule is CCC/C=C\CO/C(=C\c1ccc(C)cc1)C(=O)OC(C)C. The first-order valence-corrected chi connectivity index (χ1v) is 7.80. The number of esters is 1. The molecule has 0 bridgehead atoms. The summed E-state index contributed by atoms with van der Waals surface area (Å²) >= 11 is 0. The highest BCUT2D eigenvalue weighted by molar-refractivity contribution is 5.91. The molecule has 0 aliphatic heterocycles. The number of carbonyl (C=O) groups excluding carboxylic acids is 1. The Labute approximate surface area is 133 Å². The Morgan fingerprint density at radius 3 is 2.45 bits per heavy atom. The van der Waals surface area contributed by atoms with Gasteiger partial charge in [0.1, 0.15) is 6.61 Å². The summed E-state index contributed by atoms with van der Waals surface area (Å²) in [6, 6.07) is 7.90. The molecule has 1 rings (SSSR count). The molecule has 0 saturated carbocycles. The number of hydrogen-bond acceptors (Lipinski definition) is 3. The smallest absolute Gasteiger partial charge is 0.373 e. The Bertz CT molecular complexity index is 510. The Morgan fingerprint density at radius 1 is 1.18 bits per heavy atom. The molecule has 0 N–H and O–H groups in total. The van der Waals surface area contributed by atoms with Crippen molar-refractivity contribution in [2.45, 2.75) is 46.6 Å². The molecule has 0 fully saturated rings. The van der Waals surface area contributed by atoms with E-state index in [1.807, 2.05) is 51.1 Å². The summed E-state index contributed by atoms with van der Waals surface area (Å²) in [6.07, 6.45) is 7.63. The van der Waals surface area contributed by atoms with E-state index >= 15 is 0 Å². The first-order valence-electron chi connectivity index (χ1n) is 7.80. The molecule has 3 heteroatoms. The van der Waals surface area contributed by atoms with E-state index in [1.54, 1.807) is 6.08 Å². The van der Waals surface area contributed by atoms with Gasteiger partial charge in [0, 0.05) is 0 Å². The Hall–Kier alpha value is -2.03. The average Bonchev–Trinajstić information content (AvgIpc) is 2.47. The van der Waals surface area contributed by atoms with Gasteiger partial charge in [-0.25, -0.2) is 4.79 Å². The van der Waals surface area contributed by atoms with Gasteiger partial charge >= 0.3 is 5.97 Å². The van der Waals surface area contributed by atoms with Gasteiger partial charge in [-0.2, -0.15) is 0 Å². The molecule has 0 spiro atoms. The summed E-state index contributed by atoms with van der Waals surface area (Å²) in [5.74, 6) is -0.196. The third kappa shape index (κ3) is 7.11. The zero-order valence-electron chi connectivity index (χ0n) is 14.0. The van der Waals surface area contributed by atoms with Crippen LogP contribution in [0.5, 0.6) is 0 Å². The van der Waals surface area contributed by atoms with Crippen LogP contribution >= 0.6 is 0 Å². The van der Waals surface area contributed by atoms with Crippen molar-refractivity contribution in [3.63, 3.8) is 0 Å². The fraction of sp³-hybridized carbons (Fsp3) is 0.421. The predicted octanol–water partition coefficient (Wildman–Crippen LogP) is 4.66. The van der Waals surface area contributed by atoms with Crippen LogP contribution in [0.3, 0.4) is 0 Å². The van der Waals surface area contributed by atoms with E-state index in [9.17, 15) is 4.79 Å². The minimum absolute atomic E-state index is 0.173. The number of allylic oxidation sites excluding steroid dienone is 1. The summed E-state index contributed by atoms with van der Waals surface area (Å²) in [7, 11) is 0. The summed E-state index contributed by atoms with van der Waals surface area (Å²) in [6.45, 7) is 8.15. The van der Waals surface area contributed by atoms with E-state index in [2.05, 4.69) is 13.0 Å². The summed E-state index contributed by atoms with van der Waals surface area (Å²) in [4.78, 5) is 12.1. The van der Waals surface area contributed by atoms with Gasteiger partial charge < -0.3 is 9.47 Å². The highest BCUT2D eigenvalue weighted by Crippen LogP contribution is 2.12. The van der Waals surface area contributed by atoms with Gasteiger partial charge in [0.2, 0.25) is 5.76 Å². The lowest BCUT2D eigenvalue weighted by atomic mass is 10.1. The second kappa shape index (κ2) is 9.82. The topological polar surface area (TPSA) is 35.5 Å². The minimum Gasteiger partial charge on any atom is -0.482 e. The van der Waals surface area contributed by atoms with Crippen LogP contribution < -0.4 is 0 Å². The maximum atomic E-state index is 12.1. The van der Waals surface area contributed by atoms with Gasteiger partial charge in [0.15, 0.2) is 0 Å². The quantitative estimate of drug-likeness (QED) is 0.303. The molecule has 0 heterocycles. The Balaban J connectivity index is 2.80. The first kappa shape index (κ1) is 18.0. The zero-order chi connectivity index (χ0) is 16.4. The average molecular weight is 302 g/mol. The maximum Gasteiger partial charge on any atom is 0.373 e.